The van der Waals surface area contributed by atoms with E-state index in [1.165, 1.54) is 0 Å². The van der Waals surface area contributed by atoms with Crippen molar-refractivity contribution < 1.29 is 9.53 Å². The number of nitrogens with one attached hydrogen (secondary N) is 2. The van der Waals surface area contributed by atoms with Crippen molar-refractivity contribution in [2.75, 3.05) is 26.3 Å². The van der Waals surface area contributed by atoms with Gasteiger partial charge in [0.05, 0.1) is 12.0 Å². The van der Waals surface area contributed by atoms with Crippen LogP contribution in [0, 0.1) is 5.41 Å². The normalized spacial score (nSPS) is 13.6. The molecule has 96 valence electrons. The maximum Gasteiger partial charge on any atom is 0.226 e. The molecule has 0 aliphatic carbocycles. The van der Waals surface area contributed by atoms with Crippen molar-refractivity contribution in [2.45, 2.75) is 40.7 Å². The zero-order valence-electron chi connectivity index (χ0n) is 11.2. The zero-order chi connectivity index (χ0) is 12.6. The summed E-state index contributed by atoms with van der Waals surface area (Å²) in [6.07, 6.45) is 0. The highest BCUT2D eigenvalue weighted by atomic mass is 16.5. The van der Waals surface area contributed by atoms with Crippen LogP contribution in [-0.4, -0.2) is 38.3 Å². The van der Waals surface area contributed by atoms with E-state index in [-0.39, 0.29) is 17.4 Å². The van der Waals surface area contributed by atoms with E-state index < -0.39 is 0 Å². The van der Waals surface area contributed by atoms with Gasteiger partial charge in [-0.2, -0.15) is 0 Å². The van der Waals surface area contributed by atoms with E-state index in [1.54, 1.807) is 0 Å². The first kappa shape index (κ1) is 15.4. The number of hydrogen-bond donors (Lipinski definition) is 2. The van der Waals surface area contributed by atoms with E-state index >= 15 is 0 Å². The molecule has 0 radical (unpaired) electrons. The molecule has 0 saturated carbocycles. The molecule has 4 heteroatoms. The number of rotatable bonds is 8. The lowest BCUT2D eigenvalue weighted by atomic mass is 9.92. The van der Waals surface area contributed by atoms with Gasteiger partial charge in [0.15, 0.2) is 0 Å². The number of ether oxygens (including phenoxy) is 1. The molecule has 0 rings (SSSR count). The first-order chi connectivity index (χ1) is 7.44. The fourth-order valence-corrected chi connectivity index (χ4v) is 1.26. The molecule has 0 aromatic carbocycles. The fraction of sp³-hybridized carbons (Fsp3) is 0.917. The van der Waals surface area contributed by atoms with Crippen molar-refractivity contribution in [2.24, 2.45) is 5.41 Å². The van der Waals surface area contributed by atoms with Crippen LogP contribution in [0.25, 0.3) is 0 Å². The van der Waals surface area contributed by atoms with E-state index in [0.29, 0.717) is 19.7 Å². The second kappa shape index (κ2) is 7.63. The summed E-state index contributed by atoms with van der Waals surface area (Å²) in [5.74, 6) is 0.0890. The second-order valence-electron chi connectivity index (χ2n) is 4.68. The summed E-state index contributed by atoms with van der Waals surface area (Å²) in [5.41, 5.74) is -0.378. The van der Waals surface area contributed by atoms with Crippen LogP contribution >= 0.6 is 0 Å². The van der Waals surface area contributed by atoms with Gasteiger partial charge in [-0.25, -0.2) is 0 Å². The van der Waals surface area contributed by atoms with Gasteiger partial charge >= 0.3 is 0 Å². The van der Waals surface area contributed by atoms with E-state index in [9.17, 15) is 4.79 Å². The van der Waals surface area contributed by atoms with Crippen LogP contribution in [0.5, 0.6) is 0 Å². The molecule has 0 aromatic rings. The molecular formula is C12H26N2O2. The van der Waals surface area contributed by atoms with Gasteiger partial charge in [-0.1, -0.05) is 0 Å². The van der Waals surface area contributed by atoms with Crippen LogP contribution in [0.1, 0.15) is 34.6 Å². The molecular weight excluding hydrogens is 204 g/mol. The van der Waals surface area contributed by atoms with Gasteiger partial charge in [-0.15, -0.1) is 0 Å². The van der Waals surface area contributed by atoms with E-state index in [0.717, 1.165) is 6.61 Å². The van der Waals surface area contributed by atoms with Crippen LogP contribution in [0.15, 0.2) is 0 Å². The third kappa shape index (κ3) is 6.08. The zero-order valence-corrected chi connectivity index (χ0v) is 11.2. The highest BCUT2D eigenvalue weighted by Crippen LogP contribution is 2.13. The molecule has 4 nitrogen and oxygen atoms in total. The minimum absolute atomic E-state index is 0.0890. The Labute approximate surface area is 99.1 Å². The molecule has 1 amide bonds. The Morgan fingerprint density at radius 1 is 1.38 bits per heavy atom. The molecule has 0 aromatic heterocycles. The van der Waals surface area contributed by atoms with Gasteiger partial charge in [-0.05, 0) is 34.6 Å². The second-order valence-corrected chi connectivity index (χ2v) is 4.68. The van der Waals surface area contributed by atoms with Crippen molar-refractivity contribution in [3.8, 4) is 0 Å². The lowest BCUT2D eigenvalue weighted by molar-refractivity contribution is -0.129. The molecule has 1 unspecified atom stereocenters. The van der Waals surface area contributed by atoms with E-state index in [1.807, 2.05) is 27.7 Å². The van der Waals surface area contributed by atoms with Crippen molar-refractivity contribution in [3.63, 3.8) is 0 Å². The molecule has 2 N–H and O–H groups in total. The lowest BCUT2D eigenvalue weighted by Crippen LogP contribution is -2.46. The Bertz CT molecular complexity index is 205. The lowest BCUT2D eigenvalue weighted by Gasteiger charge is -2.25. The van der Waals surface area contributed by atoms with E-state index in [2.05, 4.69) is 17.6 Å². The molecule has 0 bridgehead atoms. The molecule has 0 spiro atoms. The monoisotopic (exact) mass is 230 g/mol. The van der Waals surface area contributed by atoms with Crippen molar-refractivity contribution in [1.29, 1.82) is 0 Å². The molecule has 0 fully saturated rings. The van der Waals surface area contributed by atoms with E-state index in [4.69, 9.17) is 4.74 Å². The summed E-state index contributed by atoms with van der Waals surface area (Å²) in [5, 5.41) is 6.15. The summed E-state index contributed by atoms with van der Waals surface area (Å²) < 4.78 is 5.31. The molecule has 0 heterocycles. The van der Waals surface area contributed by atoms with Gasteiger partial charge in [0.25, 0.3) is 0 Å². The smallest absolute Gasteiger partial charge is 0.226 e. The fourth-order valence-electron chi connectivity index (χ4n) is 1.26. The summed E-state index contributed by atoms with van der Waals surface area (Å²) in [6.45, 7) is 12.6. The van der Waals surface area contributed by atoms with Crippen molar-refractivity contribution in [3.05, 3.63) is 0 Å². The Hall–Kier alpha value is -0.610. The predicted octanol–water partition coefficient (Wildman–Crippen LogP) is 1.16. The van der Waals surface area contributed by atoms with Crippen LogP contribution in [-0.2, 0) is 9.53 Å². The number of carbonyl (C=O) groups excluding carboxylic acids is 1. The molecule has 0 aliphatic heterocycles. The van der Waals surface area contributed by atoms with Gasteiger partial charge in [0.1, 0.15) is 0 Å². The predicted molar refractivity (Wildman–Crippen MR) is 66.4 cm³/mol. The van der Waals surface area contributed by atoms with Crippen molar-refractivity contribution >= 4 is 5.91 Å². The van der Waals surface area contributed by atoms with Gasteiger partial charge < -0.3 is 15.4 Å². The molecule has 0 saturated heterocycles. The summed E-state index contributed by atoms with van der Waals surface area (Å²) in [4.78, 5) is 11.7. The maximum absolute atomic E-state index is 11.7. The Morgan fingerprint density at radius 3 is 2.50 bits per heavy atom. The molecule has 0 aliphatic rings. The maximum atomic E-state index is 11.7. The standard InChI is InChI=1S/C12H26N2O2/c1-6-13-11(15)12(4,5)9-14-10(3)8-16-7-2/h10,14H,6-9H2,1-5H3,(H,13,15). The molecule has 1 atom stereocenters. The first-order valence-corrected chi connectivity index (χ1v) is 6.03. The largest absolute Gasteiger partial charge is 0.380 e. The summed E-state index contributed by atoms with van der Waals surface area (Å²) in [7, 11) is 0. The number of amides is 1. The topological polar surface area (TPSA) is 50.4 Å². The van der Waals surface area contributed by atoms with Crippen LogP contribution in [0.3, 0.4) is 0 Å². The highest BCUT2D eigenvalue weighted by Gasteiger charge is 2.27. The SMILES string of the molecule is CCNC(=O)C(C)(C)CNC(C)COCC. The number of carbonyl (C=O) groups is 1. The average Bonchev–Trinajstić information content (AvgIpc) is 2.24. The summed E-state index contributed by atoms with van der Waals surface area (Å²) in [6, 6.07) is 0.272. The molecule has 16 heavy (non-hydrogen) atoms. The minimum atomic E-state index is -0.378. The Kier molecular flexibility index (Phi) is 7.34. The average molecular weight is 230 g/mol. The quantitative estimate of drug-likeness (QED) is 0.658. The Balaban J connectivity index is 3.92. The van der Waals surface area contributed by atoms with Crippen LogP contribution < -0.4 is 10.6 Å². The van der Waals surface area contributed by atoms with Crippen molar-refractivity contribution in [1.82, 2.24) is 10.6 Å². The van der Waals surface area contributed by atoms with Gasteiger partial charge in [0, 0.05) is 25.7 Å². The third-order valence-corrected chi connectivity index (χ3v) is 2.42. The highest BCUT2D eigenvalue weighted by molar-refractivity contribution is 5.81. The summed E-state index contributed by atoms with van der Waals surface area (Å²) >= 11 is 0. The Morgan fingerprint density at radius 2 is 2.00 bits per heavy atom. The first-order valence-electron chi connectivity index (χ1n) is 6.03. The third-order valence-electron chi connectivity index (χ3n) is 2.42. The van der Waals surface area contributed by atoms with Gasteiger partial charge in [-0.3, -0.25) is 4.79 Å². The van der Waals surface area contributed by atoms with Crippen LogP contribution in [0.4, 0.5) is 0 Å². The van der Waals surface area contributed by atoms with Crippen LogP contribution in [0.2, 0.25) is 0 Å². The number of hydrogen-bond acceptors (Lipinski definition) is 3. The minimum Gasteiger partial charge on any atom is -0.380 e. The van der Waals surface area contributed by atoms with Gasteiger partial charge in [0.2, 0.25) is 5.91 Å².